The van der Waals surface area contributed by atoms with Gasteiger partial charge in [0.1, 0.15) is 12.4 Å². The minimum atomic E-state index is -4.70. The third-order valence-corrected chi connectivity index (χ3v) is 3.36. The normalized spacial score (nSPS) is 11.2. The van der Waals surface area contributed by atoms with Crippen LogP contribution in [-0.2, 0) is 7.63 Å². The monoisotopic (exact) mass is 376 g/mol. The zero-order valence-electron chi connectivity index (χ0n) is 8.45. The van der Waals surface area contributed by atoms with Crippen LogP contribution in [0.3, 0.4) is 0 Å². The van der Waals surface area contributed by atoms with Gasteiger partial charge in [-0.05, 0) is 12.1 Å². The van der Waals surface area contributed by atoms with Crippen LogP contribution in [0.1, 0.15) is 0 Å². The third kappa shape index (κ3) is 5.09. The molecule has 0 aromatic heterocycles. The average Bonchev–Trinajstić information content (AvgIpc) is 2.24. The predicted molar refractivity (Wildman–Crippen MR) is 65.1 cm³/mol. The van der Waals surface area contributed by atoms with Gasteiger partial charge in [-0.3, -0.25) is 12.9 Å². The van der Waals surface area contributed by atoms with Crippen molar-refractivity contribution in [3.8, 4) is 11.5 Å². The molecule has 0 saturated carbocycles. The van der Waals surface area contributed by atoms with Gasteiger partial charge in [-0.15, -0.1) is 0 Å². The summed E-state index contributed by atoms with van der Waals surface area (Å²) in [5, 5.41) is 8.56. The third-order valence-electron chi connectivity index (χ3n) is 1.56. The Bertz CT molecular complexity index is 443. The second kappa shape index (κ2) is 6.41. The molecule has 0 amide bonds. The van der Waals surface area contributed by atoms with Crippen LogP contribution < -0.4 is 9.26 Å². The summed E-state index contributed by atoms with van der Waals surface area (Å²) in [5.41, 5.74) is 0. The van der Waals surface area contributed by atoms with Crippen molar-refractivity contribution < 1.29 is 31.8 Å². The van der Waals surface area contributed by atoms with Crippen LogP contribution in [0.2, 0.25) is 0 Å². The molecular formula is C8H10IO7P. The molecule has 7 nitrogen and oxygen atoms in total. The van der Waals surface area contributed by atoms with E-state index in [1.165, 1.54) is 18.2 Å². The quantitative estimate of drug-likeness (QED) is 0.502. The van der Waals surface area contributed by atoms with Crippen LogP contribution in [0.25, 0.3) is 0 Å². The van der Waals surface area contributed by atoms with E-state index < -0.39 is 29.0 Å². The van der Waals surface area contributed by atoms with Gasteiger partial charge in [0.05, 0.1) is 10.2 Å². The number of halogens is 1. The van der Waals surface area contributed by atoms with Gasteiger partial charge in [0.2, 0.25) is 0 Å². The lowest BCUT2D eigenvalue weighted by molar-refractivity contribution is 0.201. The van der Waals surface area contributed by atoms with Crippen LogP contribution in [0.4, 0.5) is 0 Å². The van der Waals surface area contributed by atoms with Crippen LogP contribution in [0.15, 0.2) is 18.2 Å². The molecule has 1 aromatic rings. The number of benzene rings is 1. The second-order valence-corrected chi connectivity index (χ2v) is 5.59. The fourth-order valence-corrected chi connectivity index (χ4v) is 2.39. The number of phosphoric acid groups is 1. The fraction of sp³-hybridized carbons (Fsp3) is 0.250. The van der Waals surface area contributed by atoms with Gasteiger partial charge in [0.15, 0.2) is 26.9 Å². The molecule has 0 saturated heterocycles. The van der Waals surface area contributed by atoms with Crippen molar-refractivity contribution in [1.29, 1.82) is 0 Å². The zero-order chi connectivity index (χ0) is 12.9. The standard InChI is InChI=1S/C8H10IO7P/c10-3-4-15-6-1-2-7(9-11)8(5-6)16-17(12,13)14/h1-2,5,10H,3-4H2,(H2,12,13,14). The lowest BCUT2D eigenvalue weighted by Crippen LogP contribution is -2.02. The molecule has 1 rings (SSSR count). The summed E-state index contributed by atoms with van der Waals surface area (Å²) < 4.78 is 31.2. The molecule has 9 heteroatoms. The van der Waals surface area contributed by atoms with E-state index in [1.807, 2.05) is 0 Å². The number of hydrogen-bond acceptors (Lipinski definition) is 5. The van der Waals surface area contributed by atoms with E-state index in [2.05, 4.69) is 4.52 Å². The van der Waals surface area contributed by atoms with Crippen molar-refractivity contribution in [2.24, 2.45) is 0 Å². The lowest BCUT2D eigenvalue weighted by Gasteiger charge is -2.10. The first-order valence-electron chi connectivity index (χ1n) is 4.36. The van der Waals surface area contributed by atoms with Gasteiger partial charge in [-0.2, -0.15) is 0 Å². The molecule has 0 unspecified atom stereocenters. The fourth-order valence-electron chi connectivity index (χ4n) is 0.999. The van der Waals surface area contributed by atoms with Gasteiger partial charge >= 0.3 is 7.82 Å². The molecule has 0 aliphatic rings. The molecule has 0 spiro atoms. The number of aliphatic hydroxyl groups is 1. The predicted octanol–water partition coefficient (Wildman–Crippen LogP) is 1.01. The van der Waals surface area contributed by atoms with Gasteiger partial charge in [0.25, 0.3) is 0 Å². The Morgan fingerprint density at radius 2 is 2.06 bits per heavy atom. The van der Waals surface area contributed by atoms with Crippen molar-refractivity contribution >= 4 is 29.0 Å². The number of aliphatic hydroxyl groups excluding tert-OH is 1. The Morgan fingerprint density at radius 3 is 2.59 bits per heavy atom. The summed E-state index contributed by atoms with van der Waals surface area (Å²) in [6, 6.07) is 4.11. The van der Waals surface area contributed by atoms with E-state index in [9.17, 15) is 7.63 Å². The summed E-state index contributed by atoms with van der Waals surface area (Å²) in [6.45, 7) is -0.147. The molecular weight excluding hydrogens is 366 g/mol. The van der Waals surface area contributed by atoms with E-state index in [1.54, 1.807) is 0 Å². The summed E-state index contributed by atoms with van der Waals surface area (Å²) in [5.74, 6) is 0.0975. The van der Waals surface area contributed by atoms with Crippen molar-refractivity contribution in [2.45, 2.75) is 0 Å². The first-order chi connectivity index (χ1) is 7.96. The highest BCUT2D eigenvalue weighted by atomic mass is 127. The molecule has 0 fully saturated rings. The van der Waals surface area contributed by atoms with Gasteiger partial charge in [0, 0.05) is 6.07 Å². The Hall–Kier alpha value is -0.540. The summed E-state index contributed by atoms with van der Waals surface area (Å²) in [7, 11) is -4.70. The van der Waals surface area contributed by atoms with Crippen LogP contribution >= 0.6 is 29.0 Å². The van der Waals surface area contributed by atoms with Gasteiger partial charge in [-0.25, -0.2) is 4.57 Å². The summed E-state index contributed by atoms with van der Waals surface area (Å²) >= 11 is -1.62. The van der Waals surface area contributed by atoms with E-state index in [-0.39, 0.29) is 28.3 Å². The molecule has 96 valence electrons. The van der Waals surface area contributed by atoms with Crippen LogP contribution in [0, 0.1) is 3.57 Å². The Morgan fingerprint density at radius 1 is 1.35 bits per heavy atom. The molecule has 3 N–H and O–H groups in total. The Balaban J connectivity index is 2.98. The van der Waals surface area contributed by atoms with E-state index >= 15 is 0 Å². The minimum Gasteiger partial charge on any atom is -0.491 e. The van der Waals surface area contributed by atoms with Gasteiger partial charge < -0.3 is 14.4 Å². The topological polar surface area (TPSA) is 113 Å². The largest absolute Gasteiger partial charge is 0.524 e. The minimum absolute atomic E-state index is 0.0428. The zero-order valence-corrected chi connectivity index (χ0v) is 11.5. The van der Waals surface area contributed by atoms with E-state index in [4.69, 9.17) is 19.6 Å². The highest BCUT2D eigenvalue weighted by Crippen LogP contribution is 2.41. The number of hydrogen-bond donors (Lipinski definition) is 3. The molecule has 0 bridgehead atoms. The maximum Gasteiger partial charge on any atom is 0.524 e. The molecule has 0 aliphatic carbocycles. The summed E-state index contributed by atoms with van der Waals surface area (Å²) in [4.78, 5) is 17.4. The van der Waals surface area contributed by atoms with Crippen molar-refractivity contribution in [3.63, 3.8) is 0 Å². The second-order valence-electron chi connectivity index (χ2n) is 2.82. The number of phosphoric ester groups is 1. The lowest BCUT2D eigenvalue weighted by atomic mass is 10.3. The molecule has 0 aliphatic heterocycles. The smallest absolute Gasteiger partial charge is 0.491 e. The van der Waals surface area contributed by atoms with Crippen molar-refractivity contribution in [2.75, 3.05) is 13.2 Å². The SMILES string of the molecule is O=Ic1ccc(OCCO)cc1OP(=O)(O)O. The molecule has 0 atom stereocenters. The Kier molecular flexibility index (Phi) is 5.47. The summed E-state index contributed by atoms with van der Waals surface area (Å²) in [6.07, 6.45) is 0. The average molecular weight is 376 g/mol. The van der Waals surface area contributed by atoms with Gasteiger partial charge in [-0.1, -0.05) is 0 Å². The first-order valence-corrected chi connectivity index (χ1v) is 7.85. The highest BCUT2D eigenvalue weighted by molar-refractivity contribution is 14.1. The Labute approximate surface area is 107 Å². The molecule has 1 aromatic carbocycles. The van der Waals surface area contributed by atoms with E-state index in [0.29, 0.717) is 0 Å². The maximum absolute atomic E-state index is 10.9. The first kappa shape index (κ1) is 14.5. The van der Waals surface area contributed by atoms with Crippen LogP contribution in [-0.4, -0.2) is 28.1 Å². The van der Waals surface area contributed by atoms with Crippen molar-refractivity contribution in [1.82, 2.24) is 0 Å². The van der Waals surface area contributed by atoms with Crippen molar-refractivity contribution in [3.05, 3.63) is 21.8 Å². The van der Waals surface area contributed by atoms with Crippen LogP contribution in [0.5, 0.6) is 11.5 Å². The maximum atomic E-state index is 10.9. The number of rotatable bonds is 6. The number of ether oxygens (including phenoxy) is 1. The molecule has 0 radical (unpaired) electrons. The van der Waals surface area contributed by atoms with E-state index in [0.717, 1.165) is 0 Å². The highest BCUT2D eigenvalue weighted by Gasteiger charge is 2.19. The molecule has 0 heterocycles. The molecule has 17 heavy (non-hydrogen) atoms.